The van der Waals surface area contributed by atoms with Crippen molar-refractivity contribution in [2.45, 2.75) is 51.6 Å². The van der Waals surface area contributed by atoms with E-state index >= 15 is 0 Å². The van der Waals surface area contributed by atoms with Gasteiger partial charge in [0.05, 0.1) is 12.6 Å². The van der Waals surface area contributed by atoms with Crippen LogP contribution in [0, 0.1) is 11.8 Å². The second-order valence-corrected chi connectivity index (χ2v) is 9.31. The van der Waals surface area contributed by atoms with Crippen LogP contribution in [0.15, 0.2) is 30.3 Å². The van der Waals surface area contributed by atoms with E-state index in [2.05, 4.69) is 0 Å². The van der Waals surface area contributed by atoms with Gasteiger partial charge < -0.3 is 5.11 Å². The summed E-state index contributed by atoms with van der Waals surface area (Å²) in [6.07, 6.45) is 5.06. The normalized spacial score (nSPS) is 19.5. The molecule has 140 valence electrons. The summed E-state index contributed by atoms with van der Waals surface area (Å²) >= 11 is 0. The average molecular weight is 367 g/mol. The fourth-order valence-electron chi connectivity index (χ4n) is 3.38. The number of nitrogens with zero attached hydrogens (tertiary/aromatic N) is 2. The molecule has 1 unspecified atom stereocenters. The molecular weight excluding hydrogens is 336 g/mol. The quantitative estimate of drug-likeness (QED) is 0.655. The van der Waals surface area contributed by atoms with Crippen LogP contribution >= 0.6 is 0 Å². The van der Waals surface area contributed by atoms with Crippen molar-refractivity contribution in [1.29, 1.82) is 0 Å². The molecule has 0 spiro atoms. The van der Waals surface area contributed by atoms with Crippen molar-refractivity contribution in [2.24, 2.45) is 11.8 Å². The minimum atomic E-state index is -3.59. The average Bonchev–Trinajstić information content (AvgIpc) is 3.49. The number of aliphatic hydroxyl groups excluding tert-OH is 1. The van der Waals surface area contributed by atoms with E-state index in [-0.39, 0.29) is 18.6 Å². The van der Waals surface area contributed by atoms with Gasteiger partial charge in [-0.25, -0.2) is 0 Å². The number of hydrogen-bond acceptors (Lipinski definition) is 3. The smallest absolute Gasteiger partial charge is 0.282 e. The van der Waals surface area contributed by atoms with Crippen molar-refractivity contribution < 1.29 is 13.5 Å². The Hall–Kier alpha value is -0.950. The molecule has 2 aliphatic carbocycles. The van der Waals surface area contributed by atoms with Gasteiger partial charge in [-0.15, -0.1) is 0 Å². The van der Waals surface area contributed by atoms with Gasteiger partial charge in [0.25, 0.3) is 10.2 Å². The van der Waals surface area contributed by atoms with Crippen LogP contribution in [0.3, 0.4) is 0 Å². The highest BCUT2D eigenvalue weighted by atomic mass is 32.2. The molecule has 1 aromatic carbocycles. The maximum absolute atomic E-state index is 13.5. The summed E-state index contributed by atoms with van der Waals surface area (Å²) < 4.78 is 30.1. The minimum absolute atomic E-state index is 0.111. The van der Waals surface area contributed by atoms with Gasteiger partial charge >= 0.3 is 0 Å². The zero-order valence-corrected chi connectivity index (χ0v) is 15.9. The Morgan fingerprint density at radius 1 is 1.16 bits per heavy atom. The number of rotatable bonds is 11. The first-order valence-electron chi connectivity index (χ1n) is 9.48. The second kappa shape index (κ2) is 8.16. The van der Waals surface area contributed by atoms with Gasteiger partial charge in [0, 0.05) is 19.6 Å². The number of aliphatic hydroxyl groups is 1. The highest BCUT2D eigenvalue weighted by molar-refractivity contribution is 7.86. The predicted molar refractivity (Wildman–Crippen MR) is 99.1 cm³/mol. The van der Waals surface area contributed by atoms with Crippen molar-refractivity contribution in [3.05, 3.63) is 35.9 Å². The largest absolute Gasteiger partial charge is 0.395 e. The zero-order valence-electron chi connectivity index (χ0n) is 15.0. The second-order valence-electron chi connectivity index (χ2n) is 7.43. The van der Waals surface area contributed by atoms with Gasteiger partial charge in [0.15, 0.2) is 0 Å². The van der Waals surface area contributed by atoms with E-state index in [1.54, 1.807) is 8.61 Å². The molecular formula is C19H30N2O3S. The molecule has 5 nitrogen and oxygen atoms in total. The lowest BCUT2D eigenvalue weighted by Gasteiger charge is -2.35. The molecule has 0 radical (unpaired) electrons. The molecule has 2 aliphatic rings. The number of hydrogen-bond donors (Lipinski definition) is 1. The van der Waals surface area contributed by atoms with E-state index in [4.69, 9.17) is 0 Å². The predicted octanol–water partition coefficient (Wildman–Crippen LogP) is 2.63. The van der Waals surface area contributed by atoms with Crippen molar-refractivity contribution >= 4 is 10.2 Å². The van der Waals surface area contributed by atoms with Gasteiger partial charge in [-0.3, -0.25) is 0 Å². The summed E-state index contributed by atoms with van der Waals surface area (Å²) in [5.74, 6) is 0.793. The molecule has 0 saturated heterocycles. The first-order valence-corrected chi connectivity index (χ1v) is 10.9. The lowest BCUT2D eigenvalue weighted by atomic mass is 10.1. The van der Waals surface area contributed by atoms with E-state index in [1.165, 1.54) is 0 Å². The monoisotopic (exact) mass is 366 g/mol. The van der Waals surface area contributed by atoms with Crippen molar-refractivity contribution in [3.8, 4) is 0 Å². The zero-order chi connectivity index (χ0) is 17.9. The summed E-state index contributed by atoms with van der Waals surface area (Å²) in [5, 5.41) is 9.93. The van der Waals surface area contributed by atoms with Crippen LogP contribution < -0.4 is 0 Å². The summed E-state index contributed by atoms with van der Waals surface area (Å²) in [6.45, 7) is 3.40. The van der Waals surface area contributed by atoms with E-state index in [1.807, 2.05) is 37.3 Å². The minimum Gasteiger partial charge on any atom is -0.395 e. The molecule has 6 heteroatoms. The summed E-state index contributed by atoms with van der Waals surface area (Å²) in [6, 6.07) is 9.38. The summed E-state index contributed by atoms with van der Waals surface area (Å²) in [5.41, 5.74) is 0.966. The molecule has 0 bridgehead atoms. The first-order chi connectivity index (χ1) is 12.1. The van der Waals surface area contributed by atoms with Crippen LogP contribution in [0.1, 0.15) is 44.6 Å². The van der Waals surface area contributed by atoms with Crippen LogP contribution in [0.5, 0.6) is 0 Å². The fourth-order valence-corrected chi connectivity index (χ4v) is 5.38. The first kappa shape index (κ1) is 18.8. The number of benzene rings is 1. The molecule has 2 fully saturated rings. The lowest BCUT2D eigenvalue weighted by molar-refractivity contribution is 0.158. The molecule has 25 heavy (non-hydrogen) atoms. The third-order valence-corrected chi connectivity index (χ3v) is 7.14. The molecule has 1 aromatic rings. The molecule has 0 aliphatic heterocycles. The van der Waals surface area contributed by atoms with E-state index in [0.717, 1.165) is 37.7 Å². The molecule has 2 saturated carbocycles. The Morgan fingerprint density at radius 2 is 1.84 bits per heavy atom. The Kier molecular flexibility index (Phi) is 6.15. The van der Waals surface area contributed by atoms with Crippen LogP contribution in [-0.2, 0) is 16.8 Å². The molecule has 1 atom stereocenters. The fraction of sp³-hybridized carbons (Fsp3) is 0.684. The van der Waals surface area contributed by atoms with Gasteiger partial charge in [0.2, 0.25) is 0 Å². The maximum atomic E-state index is 13.5. The van der Waals surface area contributed by atoms with Crippen LogP contribution in [0.4, 0.5) is 0 Å². The van der Waals surface area contributed by atoms with Crippen molar-refractivity contribution in [2.75, 3.05) is 19.7 Å². The van der Waals surface area contributed by atoms with Crippen LogP contribution in [-0.4, -0.2) is 47.9 Å². The standard InChI is InChI=1S/C19H30N2O3S/c1-2-12-20(13-17-8-9-17)25(23,24)21(19(15-22)18-10-11-18)14-16-6-4-3-5-7-16/h3-7,17-19,22H,2,8-15H2,1H3. The summed E-state index contributed by atoms with van der Waals surface area (Å²) in [7, 11) is -3.59. The van der Waals surface area contributed by atoms with Crippen LogP contribution in [0.25, 0.3) is 0 Å². The van der Waals surface area contributed by atoms with Gasteiger partial charge in [-0.2, -0.15) is 17.0 Å². The van der Waals surface area contributed by atoms with Crippen molar-refractivity contribution in [3.63, 3.8) is 0 Å². The maximum Gasteiger partial charge on any atom is 0.282 e. The molecule has 0 amide bonds. The van der Waals surface area contributed by atoms with E-state index in [9.17, 15) is 13.5 Å². The Balaban J connectivity index is 1.87. The highest BCUT2D eigenvalue weighted by Gasteiger charge is 2.43. The Bertz CT molecular complexity index is 642. The molecule has 1 N–H and O–H groups in total. The third-order valence-electron chi connectivity index (χ3n) is 5.16. The van der Waals surface area contributed by atoms with Crippen molar-refractivity contribution in [1.82, 2.24) is 8.61 Å². The van der Waals surface area contributed by atoms with Crippen LogP contribution in [0.2, 0.25) is 0 Å². The molecule has 3 rings (SSSR count). The molecule has 0 aromatic heterocycles. The highest BCUT2D eigenvalue weighted by Crippen LogP contribution is 2.38. The van der Waals surface area contributed by atoms with Gasteiger partial charge in [-0.05, 0) is 49.5 Å². The van der Waals surface area contributed by atoms with E-state index < -0.39 is 10.2 Å². The summed E-state index contributed by atoms with van der Waals surface area (Å²) in [4.78, 5) is 0. The Morgan fingerprint density at radius 3 is 2.36 bits per heavy atom. The topological polar surface area (TPSA) is 60.9 Å². The van der Waals surface area contributed by atoms with Gasteiger partial charge in [0.1, 0.15) is 0 Å². The SMILES string of the molecule is CCCN(CC1CC1)S(=O)(=O)N(Cc1ccccc1)C(CO)C1CC1. The lowest BCUT2D eigenvalue weighted by Crippen LogP contribution is -2.51. The molecule has 0 heterocycles. The Labute approximate surface area is 151 Å². The van der Waals surface area contributed by atoms with Gasteiger partial charge in [-0.1, -0.05) is 37.3 Å². The third kappa shape index (κ3) is 4.82. The van der Waals surface area contributed by atoms with E-state index in [0.29, 0.717) is 25.6 Å².